The number of piperidine rings is 2. The van der Waals surface area contributed by atoms with Gasteiger partial charge in [-0.25, -0.2) is 0 Å². The Kier molecular flexibility index (Phi) is 14.7. The zero-order chi connectivity index (χ0) is 43.0. The maximum absolute atomic E-state index is 13.8. The van der Waals surface area contributed by atoms with Crippen molar-refractivity contribution in [3.8, 4) is 0 Å². The van der Waals surface area contributed by atoms with Crippen molar-refractivity contribution in [1.29, 1.82) is 0 Å². The minimum absolute atomic E-state index is 0. The Morgan fingerprint density at radius 1 is 0.885 bits per heavy atom. The molecule has 0 bridgehead atoms. The lowest BCUT2D eigenvalue weighted by Crippen LogP contribution is -2.54. The van der Waals surface area contributed by atoms with E-state index in [9.17, 15) is 41.0 Å². The van der Waals surface area contributed by atoms with Crippen LogP contribution < -0.4 is 0 Å². The molecule has 3 atom stereocenters. The molecule has 1 unspecified atom stereocenters. The number of halogens is 9. The number of nitrogens with zero attached hydrogens (tertiary/aromatic N) is 3. The van der Waals surface area contributed by atoms with E-state index >= 15 is 0 Å². The highest BCUT2D eigenvalue weighted by atomic mass is 35.5. The molecular weight excluding hydrogens is 871 g/mol. The van der Waals surface area contributed by atoms with Gasteiger partial charge in [0.2, 0.25) is 5.91 Å². The Hall–Kier alpha value is -3.11. The normalized spacial score (nSPS) is 22.8. The number of aliphatic hydroxyl groups excluding tert-OH is 1. The molecule has 1 spiro atoms. The summed E-state index contributed by atoms with van der Waals surface area (Å²) in [6.07, 6.45) is -6.09. The molecule has 3 fully saturated rings. The molecule has 7 rings (SSSR count). The van der Waals surface area contributed by atoms with Gasteiger partial charge in [0.15, 0.2) is 0 Å². The first-order valence-electron chi connectivity index (χ1n) is 20.5. The fraction of sp³-hybridized carbons (Fsp3) is 0.545. The number of fused-ring (bicyclic) bond motifs is 2. The Morgan fingerprint density at radius 2 is 1.54 bits per heavy atom. The summed E-state index contributed by atoms with van der Waals surface area (Å²) < 4.78 is 95.4. The van der Waals surface area contributed by atoms with Crippen LogP contribution in [0.4, 0.5) is 26.3 Å². The monoisotopic (exact) mass is 919 g/mol. The van der Waals surface area contributed by atoms with Crippen LogP contribution in [0.1, 0.15) is 83.6 Å². The summed E-state index contributed by atoms with van der Waals surface area (Å²) in [7, 11) is 0. The lowest BCUT2D eigenvalue weighted by molar-refractivity contribution is -0.143. The van der Waals surface area contributed by atoms with Gasteiger partial charge < -0.3 is 29.3 Å². The molecule has 3 aromatic rings. The SMILES string of the molecule is CCC(O)C1CCN(C(=O)CO[C@H]2Cc3ccccc3C23CCN(CC[C@@]2(c4ccc(Cl)c(Cl)c4)CN(C(=O)c4cc(C(F)(F)F)cc(C(F)(F)F)c4)CCO2)CC3)CC1.Cl. The topological polar surface area (TPSA) is 82.5 Å². The maximum Gasteiger partial charge on any atom is 0.416 e. The summed E-state index contributed by atoms with van der Waals surface area (Å²) in [4.78, 5) is 32.6. The molecule has 0 saturated carbocycles. The summed E-state index contributed by atoms with van der Waals surface area (Å²) in [6.45, 7) is 4.69. The average molecular weight is 921 g/mol. The maximum atomic E-state index is 13.8. The molecule has 0 radical (unpaired) electrons. The van der Waals surface area contributed by atoms with Gasteiger partial charge in [-0.2, -0.15) is 26.3 Å². The molecule has 3 saturated heterocycles. The Morgan fingerprint density at radius 3 is 2.16 bits per heavy atom. The highest BCUT2D eigenvalue weighted by Crippen LogP contribution is 2.48. The Bertz CT molecular complexity index is 2010. The smallest absolute Gasteiger partial charge is 0.393 e. The first-order chi connectivity index (χ1) is 28.4. The first-order valence-corrected chi connectivity index (χ1v) is 21.2. The number of morpholine rings is 1. The second-order valence-electron chi connectivity index (χ2n) is 16.6. The molecule has 4 aliphatic rings. The van der Waals surface area contributed by atoms with E-state index in [1.165, 1.54) is 16.0 Å². The van der Waals surface area contributed by atoms with Crippen molar-refractivity contribution in [2.75, 3.05) is 59.0 Å². The molecule has 61 heavy (non-hydrogen) atoms. The number of alkyl halides is 6. The number of amides is 2. The van der Waals surface area contributed by atoms with Crippen LogP contribution in [0, 0.1) is 5.92 Å². The van der Waals surface area contributed by atoms with Gasteiger partial charge in [0.25, 0.3) is 5.91 Å². The minimum Gasteiger partial charge on any atom is -0.393 e. The third-order valence-electron chi connectivity index (χ3n) is 13.2. The van der Waals surface area contributed by atoms with Gasteiger partial charge >= 0.3 is 12.4 Å². The zero-order valence-corrected chi connectivity index (χ0v) is 36.0. The van der Waals surface area contributed by atoms with Crippen molar-refractivity contribution in [2.24, 2.45) is 5.92 Å². The number of ether oxygens (including phenoxy) is 2. The van der Waals surface area contributed by atoms with Crippen LogP contribution in [0.15, 0.2) is 60.7 Å². The Balaban J connectivity index is 0.00000622. The Labute approximate surface area is 367 Å². The molecule has 334 valence electrons. The van der Waals surface area contributed by atoms with E-state index in [-0.39, 0.29) is 84.3 Å². The standard InChI is InChI=1S/C44H49Cl2F6N3O5.ClH/c1-2-37(56)28-9-14-54(15-10-28)39(57)26-59-38-23-29-5-3-4-6-34(29)41(38)11-16-53(17-12-41)18-13-42(31-7-8-35(45)36(46)25-31)27-55(19-20-60-42)40(58)30-21-32(43(47,48)49)24-33(22-30)44(50,51)52;/h3-8,21-22,24-25,28,37-38,56H,2,9-20,23,26-27H2,1H3;1H/t37?,38-,42-;/m0./s1. The predicted molar refractivity (Wildman–Crippen MR) is 221 cm³/mol. The van der Waals surface area contributed by atoms with Gasteiger partial charge in [0.05, 0.1) is 46.5 Å². The lowest BCUT2D eigenvalue weighted by Gasteiger charge is -2.46. The zero-order valence-electron chi connectivity index (χ0n) is 33.7. The predicted octanol–water partition coefficient (Wildman–Crippen LogP) is 9.20. The van der Waals surface area contributed by atoms with E-state index in [2.05, 4.69) is 17.0 Å². The van der Waals surface area contributed by atoms with Crippen molar-refractivity contribution < 1.29 is 50.5 Å². The van der Waals surface area contributed by atoms with Crippen LogP contribution in [0.3, 0.4) is 0 Å². The molecule has 3 aliphatic heterocycles. The van der Waals surface area contributed by atoms with Crippen LogP contribution >= 0.6 is 35.6 Å². The largest absolute Gasteiger partial charge is 0.416 e. The van der Waals surface area contributed by atoms with Crippen molar-refractivity contribution in [1.82, 2.24) is 14.7 Å². The number of aliphatic hydroxyl groups is 1. The van der Waals surface area contributed by atoms with Gasteiger partial charge in [0.1, 0.15) is 12.2 Å². The number of hydrogen-bond donors (Lipinski definition) is 1. The molecule has 3 heterocycles. The number of hydrogen-bond acceptors (Lipinski definition) is 6. The van der Waals surface area contributed by atoms with E-state index in [4.69, 9.17) is 32.7 Å². The van der Waals surface area contributed by atoms with Crippen LogP contribution in [0.5, 0.6) is 0 Å². The van der Waals surface area contributed by atoms with Crippen molar-refractivity contribution in [2.45, 2.75) is 87.4 Å². The van der Waals surface area contributed by atoms with Crippen LogP contribution in [-0.2, 0) is 44.1 Å². The molecular formula is C44H50Cl3F6N3O5. The van der Waals surface area contributed by atoms with E-state index in [0.29, 0.717) is 69.7 Å². The number of carbonyl (C=O) groups is 2. The third kappa shape index (κ3) is 10.2. The van der Waals surface area contributed by atoms with Gasteiger partial charge in [-0.05, 0) is 111 Å². The number of carbonyl (C=O) groups excluding carboxylic acids is 2. The summed E-state index contributed by atoms with van der Waals surface area (Å²) in [5.41, 5.74) is -2.43. The van der Waals surface area contributed by atoms with E-state index in [1.807, 2.05) is 24.0 Å². The molecule has 17 heteroatoms. The highest BCUT2D eigenvalue weighted by molar-refractivity contribution is 6.42. The number of rotatable bonds is 10. The van der Waals surface area contributed by atoms with Crippen molar-refractivity contribution in [3.63, 3.8) is 0 Å². The number of likely N-dealkylation sites (tertiary alicyclic amines) is 2. The van der Waals surface area contributed by atoms with E-state index < -0.39 is 40.6 Å². The summed E-state index contributed by atoms with van der Waals surface area (Å²) in [5, 5.41) is 10.8. The quantitative estimate of drug-likeness (QED) is 0.205. The van der Waals surface area contributed by atoms with Gasteiger partial charge in [-0.1, -0.05) is 60.5 Å². The van der Waals surface area contributed by atoms with Crippen molar-refractivity contribution in [3.05, 3.63) is 104 Å². The van der Waals surface area contributed by atoms with Gasteiger partial charge in [0, 0.05) is 37.2 Å². The first kappa shape index (κ1) is 47.4. The van der Waals surface area contributed by atoms with Crippen LogP contribution in [0.2, 0.25) is 10.0 Å². The second-order valence-corrected chi connectivity index (χ2v) is 17.4. The second kappa shape index (κ2) is 18.9. The highest BCUT2D eigenvalue weighted by Gasteiger charge is 2.50. The average Bonchev–Trinajstić information content (AvgIpc) is 3.54. The van der Waals surface area contributed by atoms with E-state index in [1.54, 1.807) is 18.2 Å². The molecule has 1 aliphatic carbocycles. The van der Waals surface area contributed by atoms with E-state index in [0.717, 1.165) is 25.7 Å². The fourth-order valence-corrected chi connectivity index (χ4v) is 9.97. The van der Waals surface area contributed by atoms with Gasteiger partial charge in [-0.3, -0.25) is 9.59 Å². The summed E-state index contributed by atoms with van der Waals surface area (Å²) in [6, 6.07) is 14.1. The molecule has 2 amide bonds. The summed E-state index contributed by atoms with van der Waals surface area (Å²) >= 11 is 12.7. The third-order valence-corrected chi connectivity index (χ3v) is 13.9. The minimum atomic E-state index is -5.11. The molecule has 8 nitrogen and oxygen atoms in total. The van der Waals surface area contributed by atoms with Crippen LogP contribution in [-0.4, -0.2) is 103 Å². The molecule has 3 aromatic carbocycles. The lowest BCUT2D eigenvalue weighted by atomic mass is 9.72. The fourth-order valence-electron chi connectivity index (χ4n) is 9.68. The van der Waals surface area contributed by atoms with Gasteiger partial charge in [-0.15, -0.1) is 12.4 Å². The van der Waals surface area contributed by atoms with Crippen molar-refractivity contribution >= 4 is 47.4 Å². The molecule has 1 N–H and O–H groups in total. The summed E-state index contributed by atoms with van der Waals surface area (Å²) in [5.74, 6) is -0.838. The molecule has 0 aromatic heterocycles. The number of benzene rings is 3. The van der Waals surface area contributed by atoms with Crippen LogP contribution in [0.25, 0.3) is 0 Å².